The normalized spacial score (nSPS) is 12.7. The smallest absolute Gasteiger partial charge is 0.306 e. The number of hydrogen-bond acceptors (Lipinski definition) is 5. The van der Waals surface area contributed by atoms with Crippen LogP contribution in [0.3, 0.4) is 0 Å². The lowest BCUT2D eigenvalue weighted by atomic mass is 10.1. The lowest BCUT2D eigenvalue weighted by molar-refractivity contribution is -0.163. The highest BCUT2D eigenvalue weighted by Gasteiger charge is 2.17. The lowest BCUT2D eigenvalue weighted by Gasteiger charge is -2.18. The van der Waals surface area contributed by atoms with E-state index < -0.39 is 6.10 Å². The molecular formula is C37H64O5. The van der Waals surface area contributed by atoms with Crippen molar-refractivity contribution in [1.82, 2.24) is 0 Å². The zero-order chi connectivity index (χ0) is 30.8. The quantitative estimate of drug-likeness (QED) is 0.0474. The van der Waals surface area contributed by atoms with E-state index in [1.54, 1.807) is 0 Å². The molecule has 0 fully saturated rings. The highest BCUT2D eigenvalue weighted by atomic mass is 16.6. The van der Waals surface area contributed by atoms with Crippen LogP contribution < -0.4 is 0 Å². The van der Waals surface area contributed by atoms with Crippen LogP contribution in [0.2, 0.25) is 0 Å². The Bertz CT molecular complexity index is 722. The third kappa shape index (κ3) is 30.8. The Balaban J connectivity index is 4.17. The average Bonchev–Trinajstić information content (AvgIpc) is 2.99. The fourth-order valence-electron chi connectivity index (χ4n) is 4.32. The first kappa shape index (κ1) is 39.9. The maximum absolute atomic E-state index is 12.4. The maximum Gasteiger partial charge on any atom is 0.306 e. The molecule has 0 amide bonds. The van der Waals surface area contributed by atoms with Gasteiger partial charge < -0.3 is 14.2 Å². The van der Waals surface area contributed by atoms with Crippen LogP contribution in [-0.2, 0) is 23.8 Å². The van der Waals surface area contributed by atoms with Gasteiger partial charge in [-0.2, -0.15) is 0 Å². The fourth-order valence-corrected chi connectivity index (χ4v) is 4.32. The molecule has 0 aromatic carbocycles. The topological polar surface area (TPSA) is 61.8 Å². The SMILES string of the molecule is CC/C=C\C/C=C\C/C=C\C/C=C\CCCCC(=O)OCC(COCCCCCCCC)OC(=O)CCCCCCC. The van der Waals surface area contributed by atoms with E-state index in [0.717, 1.165) is 77.0 Å². The molecule has 0 aromatic rings. The number of carbonyl (C=O) groups is 2. The summed E-state index contributed by atoms with van der Waals surface area (Å²) in [6.45, 7) is 7.52. The Morgan fingerprint density at radius 2 is 1.07 bits per heavy atom. The third-order valence-corrected chi connectivity index (χ3v) is 6.88. The molecule has 0 saturated carbocycles. The molecule has 42 heavy (non-hydrogen) atoms. The van der Waals surface area contributed by atoms with Crippen LogP contribution >= 0.6 is 0 Å². The molecule has 0 heterocycles. The molecule has 0 radical (unpaired) electrons. The summed E-state index contributed by atoms with van der Waals surface area (Å²) in [5, 5.41) is 0. The van der Waals surface area contributed by atoms with Gasteiger partial charge in [0.05, 0.1) is 6.61 Å². The molecule has 1 atom stereocenters. The number of rotatable bonds is 30. The van der Waals surface area contributed by atoms with Gasteiger partial charge in [-0.25, -0.2) is 0 Å². The summed E-state index contributed by atoms with van der Waals surface area (Å²) in [6.07, 6.45) is 37.0. The van der Waals surface area contributed by atoms with Crippen LogP contribution in [-0.4, -0.2) is 37.9 Å². The third-order valence-electron chi connectivity index (χ3n) is 6.88. The number of allylic oxidation sites excluding steroid dienone is 8. The van der Waals surface area contributed by atoms with Gasteiger partial charge in [-0.05, 0) is 57.8 Å². The average molecular weight is 589 g/mol. The zero-order valence-corrected chi connectivity index (χ0v) is 27.5. The highest BCUT2D eigenvalue weighted by molar-refractivity contribution is 5.70. The molecule has 0 N–H and O–H groups in total. The van der Waals surface area contributed by atoms with Crippen molar-refractivity contribution in [2.45, 2.75) is 155 Å². The van der Waals surface area contributed by atoms with E-state index in [0.29, 0.717) is 19.4 Å². The summed E-state index contributed by atoms with van der Waals surface area (Å²) < 4.78 is 16.9. The summed E-state index contributed by atoms with van der Waals surface area (Å²) in [7, 11) is 0. The van der Waals surface area contributed by atoms with Crippen LogP contribution in [0.4, 0.5) is 0 Å². The van der Waals surface area contributed by atoms with Gasteiger partial charge in [0.15, 0.2) is 6.10 Å². The second-order valence-electron chi connectivity index (χ2n) is 11.0. The Labute approximate surface area is 259 Å². The number of esters is 2. The van der Waals surface area contributed by atoms with E-state index in [9.17, 15) is 9.59 Å². The molecule has 5 nitrogen and oxygen atoms in total. The van der Waals surface area contributed by atoms with E-state index in [4.69, 9.17) is 14.2 Å². The van der Waals surface area contributed by atoms with Crippen LogP contribution in [0.5, 0.6) is 0 Å². The highest BCUT2D eigenvalue weighted by Crippen LogP contribution is 2.10. The Hall–Kier alpha value is -2.14. The molecule has 0 aliphatic rings. The van der Waals surface area contributed by atoms with Crippen LogP contribution in [0.15, 0.2) is 48.6 Å². The molecule has 5 heteroatoms. The van der Waals surface area contributed by atoms with Gasteiger partial charge in [0.1, 0.15) is 6.61 Å². The largest absolute Gasteiger partial charge is 0.462 e. The van der Waals surface area contributed by atoms with Gasteiger partial charge in [-0.1, -0.05) is 127 Å². The summed E-state index contributed by atoms with van der Waals surface area (Å²) in [6, 6.07) is 0. The predicted octanol–water partition coefficient (Wildman–Crippen LogP) is 10.5. The first-order valence-corrected chi connectivity index (χ1v) is 17.2. The van der Waals surface area contributed by atoms with E-state index >= 15 is 0 Å². The predicted molar refractivity (Wildman–Crippen MR) is 178 cm³/mol. The first-order chi connectivity index (χ1) is 20.6. The monoisotopic (exact) mass is 588 g/mol. The van der Waals surface area contributed by atoms with Gasteiger partial charge in [-0.3, -0.25) is 9.59 Å². The first-order valence-electron chi connectivity index (χ1n) is 17.2. The second-order valence-corrected chi connectivity index (χ2v) is 11.0. The minimum Gasteiger partial charge on any atom is -0.462 e. The van der Waals surface area contributed by atoms with Crippen molar-refractivity contribution in [3.8, 4) is 0 Å². The van der Waals surface area contributed by atoms with Crippen LogP contribution in [0, 0.1) is 0 Å². The Kier molecular flexibility index (Phi) is 31.7. The summed E-state index contributed by atoms with van der Waals surface area (Å²) in [5.74, 6) is -0.467. The maximum atomic E-state index is 12.4. The number of unbranched alkanes of at least 4 members (excludes halogenated alkanes) is 11. The molecular weight excluding hydrogens is 524 g/mol. The Morgan fingerprint density at radius 1 is 0.548 bits per heavy atom. The van der Waals surface area contributed by atoms with Crippen molar-refractivity contribution in [3.63, 3.8) is 0 Å². The van der Waals surface area contributed by atoms with E-state index in [-0.39, 0.29) is 25.2 Å². The second kappa shape index (κ2) is 33.4. The molecule has 0 aromatic heterocycles. The van der Waals surface area contributed by atoms with E-state index in [1.807, 2.05) is 0 Å². The van der Waals surface area contributed by atoms with Crippen molar-refractivity contribution >= 4 is 11.9 Å². The number of carbonyl (C=O) groups excluding carboxylic acids is 2. The Morgan fingerprint density at radius 3 is 1.71 bits per heavy atom. The molecule has 0 rings (SSSR count). The minimum atomic E-state index is -0.540. The molecule has 0 bridgehead atoms. The van der Waals surface area contributed by atoms with E-state index in [1.165, 1.54) is 38.5 Å². The standard InChI is InChI=1S/C37H64O5/c1-4-7-10-13-15-16-17-18-19-20-21-22-23-25-27-30-36(38)41-34-35(33-40-32-29-26-14-11-8-5-2)42-37(39)31-28-24-12-9-6-3/h7,10,15-16,18-19,21-22,35H,4-6,8-9,11-14,17,20,23-34H2,1-3H3/b10-7-,16-15-,19-18-,22-21-. The van der Waals surface area contributed by atoms with Crippen LogP contribution in [0.1, 0.15) is 149 Å². The summed E-state index contributed by atoms with van der Waals surface area (Å²) in [5.41, 5.74) is 0. The van der Waals surface area contributed by atoms with Gasteiger partial charge in [0.25, 0.3) is 0 Å². The molecule has 0 aliphatic heterocycles. The van der Waals surface area contributed by atoms with Crippen molar-refractivity contribution in [2.24, 2.45) is 0 Å². The van der Waals surface area contributed by atoms with Crippen molar-refractivity contribution in [1.29, 1.82) is 0 Å². The van der Waals surface area contributed by atoms with Gasteiger partial charge in [0, 0.05) is 19.4 Å². The summed E-state index contributed by atoms with van der Waals surface area (Å²) in [4.78, 5) is 24.7. The molecule has 0 saturated heterocycles. The molecule has 0 aliphatic carbocycles. The van der Waals surface area contributed by atoms with E-state index in [2.05, 4.69) is 69.4 Å². The molecule has 1 unspecified atom stereocenters. The molecule has 242 valence electrons. The van der Waals surface area contributed by atoms with Crippen LogP contribution in [0.25, 0.3) is 0 Å². The summed E-state index contributed by atoms with van der Waals surface area (Å²) >= 11 is 0. The van der Waals surface area contributed by atoms with Gasteiger partial charge >= 0.3 is 11.9 Å². The fraction of sp³-hybridized carbons (Fsp3) is 0.730. The van der Waals surface area contributed by atoms with Gasteiger partial charge in [-0.15, -0.1) is 0 Å². The minimum absolute atomic E-state index is 0.0633. The lowest BCUT2D eigenvalue weighted by Crippen LogP contribution is -2.30. The number of ether oxygens (including phenoxy) is 3. The van der Waals surface area contributed by atoms with Gasteiger partial charge in [0.2, 0.25) is 0 Å². The molecule has 0 spiro atoms. The zero-order valence-electron chi connectivity index (χ0n) is 27.5. The van der Waals surface area contributed by atoms with Crippen molar-refractivity contribution in [3.05, 3.63) is 48.6 Å². The van der Waals surface area contributed by atoms with Crippen molar-refractivity contribution in [2.75, 3.05) is 19.8 Å². The van der Waals surface area contributed by atoms with Crippen molar-refractivity contribution < 1.29 is 23.8 Å². The number of hydrogen-bond donors (Lipinski definition) is 0.